The monoisotopic (exact) mass is 370 g/mol. The molecule has 0 aromatic heterocycles. The molecule has 10 heteroatoms. The van der Waals surface area contributed by atoms with E-state index in [2.05, 4.69) is 4.74 Å². The summed E-state index contributed by atoms with van der Waals surface area (Å²) in [5, 5.41) is 13.0. The summed E-state index contributed by atoms with van der Waals surface area (Å²) in [6.07, 6.45) is 0. The lowest BCUT2D eigenvalue weighted by Gasteiger charge is -2.08. The highest BCUT2D eigenvalue weighted by Crippen LogP contribution is 2.24. The first-order chi connectivity index (χ1) is 11.8. The number of ether oxygens (including phenoxy) is 1. The fraction of sp³-hybridized carbons (Fsp3) is 0.0667. The summed E-state index contributed by atoms with van der Waals surface area (Å²) >= 11 is 5.62. The maximum absolute atomic E-state index is 13.4. The van der Waals surface area contributed by atoms with Gasteiger partial charge in [-0.15, -0.1) is 0 Å². The zero-order valence-electron chi connectivity index (χ0n) is 12.3. The third kappa shape index (κ3) is 4.70. The molecule has 7 nitrogen and oxygen atoms in total. The van der Waals surface area contributed by atoms with Crippen LogP contribution < -0.4 is 5.32 Å². The number of nitro benzene ring substituents is 1. The highest BCUT2D eigenvalue weighted by molar-refractivity contribution is 6.31. The average molecular weight is 371 g/mol. The lowest BCUT2D eigenvalue weighted by atomic mass is 10.2. The first-order valence-electron chi connectivity index (χ1n) is 6.64. The normalized spacial score (nSPS) is 10.2. The van der Waals surface area contributed by atoms with Gasteiger partial charge in [0.15, 0.2) is 6.61 Å². The van der Waals surface area contributed by atoms with Crippen LogP contribution >= 0.6 is 11.6 Å². The smallest absolute Gasteiger partial charge is 0.345 e. The summed E-state index contributed by atoms with van der Waals surface area (Å²) in [6.45, 7) is -0.853. The second-order valence-electron chi connectivity index (χ2n) is 4.67. The van der Waals surface area contributed by atoms with Crippen LogP contribution in [0.4, 0.5) is 20.2 Å². The third-order valence-corrected chi connectivity index (χ3v) is 3.15. The molecule has 0 aliphatic rings. The topological polar surface area (TPSA) is 98.5 Å². The highest BCUT2D eigenvalue weighted by Gasteiger charge is 2.22. The van der Waals surface area contributed by atoms with Gasteiger partial charge in [0.2, 0.25) is 0 Å². The van der Waals surface area contributed by atoms with E-state index in [4.69, 9.17) is 11.6 Å². The van der Waals surface area contributed by atoms with Crippen molar-refractivity contribution in [1.29, 1.82) is 0 Å². The van der Waals surface area contributed by atoms with Crippen LogP contribution in [0.3, 0.4) is 0 Å². The quantitative estimate of drug-likeness (QED) is 0.494. The number of amides is 1. The minimum atomic E-state index is -1.14. The van der Waals surface area contributed by atoms with E-state index in [1.165, 1.54) is 6.07 Å². The summed E-state index contributed by atoms with van der Waals surface area (Å²) in [5.74, 6) is -3.74. The predicted molar refractivity (Wildman–Crippen MR) is 83.4 cm³/mol. The number of hydrogen-bond donors (Lipinski definition) is 1. The number of nitrogens with one attached hydrogen (secondary N) is 1. The maximum atomic E-state index is 13.4. The molecule has 0 unspecified atom stereocenters. The van der Waals surface area contributed by atoms with Crippen molar-refractivity contribution in [2.24, 2.45) is 0 Å². The van der Waals surface area contributed by atoms with Crippen LogP contribution in [0.1, 0.15) is 10.4 Å². The molecule has 0 heterocycles. The van der Waals surface area contributed by atoms with Crippen LogP contribution in [0.5, 0.6) is 0 Å². The van der Waals surface area contributed by atoms with Crippen LogP contribution in [0.2, 0.25) is 5.02 Å². The van der Waals surface area contributed by atoms with Crippen molar-refractivity contribution in [3.63, 3.8) is 0 Å². The van der Waals surface area contributed by atoms with Crippen molar-refractivity contribution < 1.29 is 28.0 Å². The molecule has 25 heavy (non-hydrogen) atoms. The Morgan fingerprint density at radius 1 is 1.20 bits per heavy atom. The molecule has 2 aromatic rings. The Labute approximate surface area is 144 Å². The summed E-state index contributed by atoms with van der Waals surface area (Å²) in [7, 11) is 0. The highest BCUT2D eigenvalue weighted by atomic mass is 35.5. The van der Waals surface area contributed by atoms with Crippen LogP contribution in [0, 0.1) is 21.7 Å². The van der Waals surface area contributed by atoms with E-state index in [1.54, 1.807) is 0 Å². The Bertz CT molecular complexity index is 860. The van der Waals surface area contributed by atoms with Crippen LogP contribution in [-0.2, 0) is 9.53 Å². The molecule has 0 aliphatic heterocycles. The van der Waals surface area contributed by atoms with E-state index < -0.39 is 52.0 Å². The standard InChI is InChI=1S/C15H9ClF2N2O5/c16-8-1-3-10(13(5-8)20(23)24)15(22)25-7-14(21)19-12-6-9(17)2-4-11(12)18/h1-6H,7H2,(H,19,21). The van der Waals surface area contributed by atoms with Gasteiger partial charge in [-0.2, -0.15) is 0 Å². The zero-order valence-corrected chi connectivity index (χ0v) is 13.0. The molecule has 0 bridgehead atoms. The van der Waals surface area contributed by atoms with E-state index in [0.29, 0.717) is 0 Å². The first-order valence-corrected chi connectivity index (χ1v) is 7.01. The molecule has 1 amide bonds. The molecule has 0 spiro atoms. The van der Waals surface area contributed by atoms with Crippen molar-refractivity contribution in [1.82, 2.24) is 0 Å². The van der Waals surface area contributed by atoms with E-state index >= 15 is 0 Å². The average Bonchev–Trinajstić information content (AvgIpc) is 2.56. The summed E-state index contributed by atoms with van der Waals surface area (Å²) < 4.78 is 31.1. The second-order valence-corrected chi connectivity index (χ2v) is 5.10. The number of hydrogen-bond acceptors (Lipinski definition) is 5. The SMILES string of the molecule is O=C(COC(=O)c1ccc(Cl)cc1[N+](=O)[O-])Nc1cc(F)ccc1F. The molecule has 130 valence electrons. The van der Waals surface area contributed by atoms with E-state index in [9.17, 15) is 28.5 Å². The van der Waals surface area contributed by atoms with Crippen LogP contribution in [0.15, 0.2) is 36.4 Å². The number of esters is 1. The fourth-order valence-corrected chi connectivity index (χ4v) is 1.98. The predicted octanol–water partition coefficient (Wildman–Crippen LogP) is 3.32. The first kappa shape index (κ1) is 18.3. The molecule has 2 rings (SSSR count). The molecule has 0 saturated carbocycles. The molecule has 0 aliphatic carbocycles. The summed E-state index contributed by atoms with van der Waals surface area (Å²) in [5.41, 5.74) is -1.42. The van der Waals surface area contributed by atoms with Gasteiger partial charge in [-0.3, -0.25) is 14.9 Å². The van der Waals surface area contributed by atoms with Gasteiger partial charge in [0, 0.05) is 17.2 Å². The number of anilines is 1. The van der Waals surface area contributed by atoms with E-state index in [1.807, 2.05) is 5.32 Å². The Kier molecular flexibility index (Phi) is 5.60. The van der Waals surface area contributed by atoms with Gasteiger partial charge in [0.1, 0.15) is 17.2 Å². The number of carbonyl (C=O) groups excluding carboxylic acids is 2. The van der Waals surface area contributed by atoms with Gasteiger partial charge in [0.25, 0.3) is 11.6 Å². The summed E-state index contributed by atoms with van der Waals surface area (Å²) in [6, 6.07) is 5.71. The number of carbonyl (C=O) groups is 2. The fourth-order valence-electron chi connectivity index (χ4n) is 1.82. The Morgan fingerprint density at radius 3 is 2.60 bits per heavy atom. The second kappa shape index (κ2) is 7.67. The minimum Gasteiger partial charge on any atom is -0.452 e. The Hall–Kier alpha value is -3.07. The molecular formula is C15H9ClF2N2O5. The van der Waals surface area contributed by atoms with Crippen molar-refractivity contribution in [3.05, 3.63) is 68.7 Å². The number of nitrogens with zero attached hydrogens (tertiary/aromatic N) is 1. The molecule has 0 fully saturated rings. The van der Waals surface area contributed by atoms with Crippen molar-refractivity contribution in [2.45, 2.75) is 0 Å². The Morgan fingerprint density at radius 2 is 1.92 bits per heavy atom. The third-order valence-electron chi connectivity index (χ3n) is 2.91. The van der Waals surface area contributed by atoms with Gasteiger partial charge in [-0.05, 0) is 24.3 Å². The molecular weight excluding hydrogens is 362 g/mol. The van der Waals surface area contributed by atoms with E-state index in [0.717, 1.165) is 30.3 Å². The largest absolute Gasteiger partial charge is 0.452 e. The molecule has 2 aromatic carbocycles. The van der Waals surface area contributed by atoms with Crippen LogP contribution in [-0.4, -0.2) is 23.4 Å². The zero-order chi connectivity index (χ0) is 18.6. The Balaban J connectivity index is 2.04. The van der Waals surface area contributed by atoms with Gasteiger partial charge in [-0.25, -0.2) is 13.6 Å². The maximum Gasteiger partial charge on any atom is 0.345 e. The number of halogens is 3. The molecule has 0 saturated heterocycles. The number of rotatable bonds is 5. The lowest BCUT2D eigenvalue weighted by Crippen LogP contribution is -2.22. The van der Waals surface area contributed by atoms with Gasteiger partial charge >= 0.3 is 5.97 Å². The molecule has 1 N–H and O–H groups in total. The van der Waals surface area contributed by atoms with E-state index in [-0.39, 0.29) is 5.02 Å². The van der Waals surface area contributed by atoms with Gasteiger partial charge in [0.05, 0.1) is 10.6 Å². The minimum absolute atomic E-state index is 0.0440. The molecule has 0 radical (unpaired) electrons. The summed E-state index contributed by atoms with van der Waals surface area (Å²) in [4.78, 5) is 33.6. The van der Waals surface area contributed by atoms with Crippen molar-refractivity contribution in [2.75, 3.05) is 11.9 Å². The van der Waals surface area contributed by atoms with Crippen molar-refractivity contribution in [3.8, 4) is 0 Å². The number of nitro groups is 1. The van der Waals surface area contributed by atoms with Crippen molar-refractivity contribution >= 4 is 34.9 Å². The van der Waals surface area contributed by atoms with Gasteiger partial charge in [-0.1, -0.05) is 11.6 Å². The van der Waals surface area contributed by atoms with Gasteiger partial charge < -0.3 is 10.1 Å². The molecule has 0 atom stereocenters. The number of benzene rings is 2. The lowest BCUT2D eigenvalue weighted by molar-refractivity contribution is -0.385. The van der Waals surface area contributed by atoms with Crippen LogP contribution in [0.25, 0.3) is 0 Å².